The maximum atomic E-state index is 12.5. The van der Waals surface area contributed by atoms with Crippen molar-refractivity contribution in [1.29, 1.82) is 5.26 Å². The van der Waals surface area contributed by atoms with E-state index in [1.165, 1.54) is 13.2 Å². The Labute approximate surface area is 155 Å². The lowest BCUT2D eigenvalue weighted by Gasteiger charge is -2.32. The van der Waals surface area contributed by atoms with Crippen molar-refractivity contribution in [2.45, 2.75) is 50.7 Å². The number of hydrogen-bond donors (Lipinski definition) is 1. The Balaban J connectivity index is 2.13. The fourth-order valence-corrected chi connectivity index (χ4v) is 3.31. The van der Waals surface area contributed by atoms with Gasteiger partial charge in [-0.3, -0.25) is 9.59 Å². The van der Waals surface area contributed by atoms with E-state index in [-0.39, 0.29) is 5.91 Å². The van der Waals surface area contributed by atoms with Gasteiger partial charge >= 0.3 is 0 Å². The molecule has 7 heteroatoms. The Morgan fingerprint density at radius 1 is 1.36 bits per heavy atom. The number of halogens is 1. The normalized spacial score (nSPS) is 17.0. The van der Waals surface area contributed by atoms with E-state index in [9.17, 15) is 14.9 Å². The number of amides is 1. The number of methoxy groups -OCH3 is 1. The summed E-state index contributed by atoms with van der Waals surface area (Å²) in [6, 6.07) is 5.38. The van der Waals surface area contributed by atoms with Crippen molar-refractivity contribution in [3.05, 3.63) is 22.2 Å². The fourth-order valence-electron chi connectivity index (χ4n) is 2.89. The van der Waals surface area contributed by atoms with Crippen LogP contribution in [0.3, 0.4) is 0 Å². The minimum Gasteiger partial charge on any atom is -0.493 e. The third-order valence-corrected chi connectivity index (χ3v) is 5.05. The van der Waals surface area contributed by atoms with Gasteiger partial charge in [-0.2, -0.15) is 5.26 Å². The summed E-state index contributed by atoms with van der Waals surface area (Å²) in [4.78, 5) is 23.6. The zero-order valence-electron chi connectivity index (χ0n) is 14.3. The molecule has 2 rings (SSSR count). The van der Waals surface area contributed by atoms with Crippen LogP contribution < -0.4 is 14.8 Å². The zero-order valence-corrected chi connectivity index (χ0v) is 15.9. The molecule has 1 N–H and O–H groups in total. The lowest BCUT2D eigenvalue weighted by atomic mass is 9.83. The van der Waals surface area contributed by atoms with Crippen molar-refractivity contribution in [3.63, 3.8) is 0 Å². The summed E-state index contributed by atoms with van der Waals surface area (Å²) >= 11 is 3.28. The number of carbonyl (C=O) groups excluding carboxylic acids is 2. The second kappa shape index (κ2) is 8.34. The summed E-state index contributed by atoms with van der Waals surface area (Å²) in [6.07, 6.45) is 4.09. The van der Waals surface area contributed by atoms with E-state index in [4.69, 9.17) is 9.47 Å². The van der Waals surface area contributed by atoms with E-state index in [2.05, 4.69) is 27.3 Å². The average Bonchev–Trinajstić information content (AvgIpc) is 2.63. The van der Waals surface area contributed by atoms with Crippen LogP contribution in [0.15, 0.2) is 16.6 Å². The highest BCUT2D eigenvalue weighted by molar-refractivity contribution is 9.10. The van der Waals surface area contributed by atoms with Crippen LogP contribution in [-0.2, 0) is 4.79 Å². The monoisotopic (exact) mass is 408 g/mol. The van der Waals surface area contributed by atoms with E-state index >= 15 is 0 Å². The number of nitrogens with zero attached hydrogens (tertiary/aromatic N) is 1. The van der Waals surface area contributed by atoms with Gasteiger partial charge in [0.05, 0.1) is 13.2 Å². The molecular formula is C18H21BrN2O4. The third kappa shape index (κ3) is 4.51. The van der Waals surface area contributed by atoms with Gasteiger partial charge < -0.3 is 14.8 Å². The first kappa shape index (κ1) is 19.3. The number of carbonyl (C=O) groups is 2. The van der Waals surface area contributed by atoms with Gasteiger partial charge in [0.1, 0.15) is 5.54 Å². The molecule has 1 atom stereocenters. The van der Waals surface area contributed by atoms with Gasteiger partial charge in [-0.05, 0) is 47.8 Å². The minimum absolute atomic E-state index is 0.296. The second-order valence-electron chi connectivity index (χ2n) is 6.15. The van der Waals surface area contributed by atoms with E-state index < -0.39 is 11.6 Å². The first-order valence-electron chi connectivity index (χ1n) is 8.17. The van der Waals surface area contributed by atoms with Crippen molar-refractivity contribution in [2.75, 3.05) is 7.11 Å². The van der Waals surface area contributed by atoms with Crippen LogP contribution in [0, 0.1) is 11.3 Å². The molecule has 0 spiro atoms. The topological polar surface area (TPSA) is 88.4 Å². The number of aldehydes is 1. The minimum atomic E-state index is -0.832. The van der Waals surface area contributed by atoms with Gasteiger partial charge in [-0.15, -0.1) is 0 Å². The van der Waals surface area contributed by atoms with Crippen LogP contribution in [0.2, 0.25) is 0 Å². The molecule has 0 unspecified atom stereocenters. The van der Waals surface area contributed by atoms with Gasteiger partial charge in [0.2, 0.25) is 0 Å². The molecule has 0 radical (unpaired) electrons. The lowest BCUT2D eigenvalue weighted by molar-refractivity contribution is -0.129. The quantitative estimate of drug-likeness (QED) is 0.728. The first-order chi connectivity index (χ1) is 11.9. The standard InChI is InChI=1S/C18H21BrN2O4/c1-12(17(23)21-18(11-20)6-4-3-5-7-18)25-16-8-13(10-22)14(19)9-15(16)24-2/h8-10,12H,3-7H2,1-2H3,(H,21,23)/t12-/m1/s1. The highest BCUT2D eigenvalue weighted by Gasteiger charge is 2.35. The van der Waals surface area contributed by atoms with E-state index in [0.29, 0.717) is 40.7 Å². The Morgan fingerprint density at radius 2 is 2.04 bits per heavy atom. The molecule has 1 aliphatic rings. The van der Waals surface area contributed by atoms with Crippen molar-refractivity contribution in [3.8, 4) is 17.6 Å². The molecule has 25 heavy (non-hydrogen) atoms. The van der Waals surface area contributed by atoms with E-state index in [1.54, 1.807) is 13.0 Å². The number of benzene rings is 1. The molecule has 134 valence electrons. The molecule has 1 aromatic rings. The largest absolute Gasteiger partial charge is 0.493 e. The van der Waals surface area contributed by atoms with Gasteiger partial charge in [-0.1, -0.05) is 19.3 Å². The number of ether oxygens (including phenoxy) is 2. The summed E-state index contributed by atoms with van der Waals surface area (Å²) in [7, 11) is 1.48. The van der Waals surface area contributed by atoms with Crippen molar-refractivity contribution < 1.29 is 19.1 Å². The third-order valence-electron chi connectivity index (χ3n) is 4.37. The molecule has 0 bridgehead atoms. The average molecular weight is 409 g/mol. The summed E-state index contributed by atoms with van der Waals surface area (Å²) in [5.74, 6) is 0.343. The van der Waals surface area contributed by atoms with E-state index in [0.717, 1.165) is 19.3 Å². The summed E-state index contributed by atoms with van der Waals surface area (Å²) < 4.78 is 11.5. The van der Waals surface area contributed by atoms with Crippen LogP contribution in [0.1, 0.15) is 49.4 Å². The van der Waals surface area contributed by atoms with Crippen molar-refractivity contribution >= 4 is 28.1 Å². The Kier molecular flexibility index (Phi) is 6.43. The maximum absolute atomic E-state index is 12.5. The van der Waals surface area contributed by atoms with Gasteiger partial charge in [0, 0.05) is 10.0 Å². The maximum Gasteiger partial charge on any atom is 0.262 e. The molecule has 0 heterocycles. The predicted molar refractivity (Wildman–Crippen MR) is 95.7 cm³/mol. The molecular weight excluding hydrogens is 388 g/mol. The molecule has 1 aromatic carbocycles. The fraction of sp³-hybridized carbons (Fsp3) is 0.500. The molecule has 0 saturated heterocycles. The molecule has 6 nitrogen and oxygen atoms in total. The number of nitrogens with one attached hydrogen (secondary N) is 1. The number of rotatable bonds is 6. The molecule has 1 aliphatic carbocycles. The zero-order chi connectivity index (χ0) is 18.4. The van der Waals surface area contributed by atoms with Crippen LogP contribution in [0.25, 0.3) is 0 Å². The highest BCUT2D eigenvalue weighted by Crippen LogP contribution is 2.34. The van der Waals surface area contributed by atoms with Crippen molar-refractivity contribution in [2.24, 2.45) is 0 Å². The number of hydrogen-bond acceptors (Lipinski definition) is 5. The summed E-state index contributed by atoms with van der Waals surface area (Å²) in [6.45, 7) is 1.60. The first-order valence-corrected chi connectivity index (χ1v) is 8.96. The summed E-state index contributed by atoms with van der Waals surface area (Å²) in [5.41, 5.74) is -0.422. The Hall–Kier alpha value is -2.07. The number of nitriles is 1. The van der Waals surface area contributed by atoms with E-state index in [1.807, 2.05) is 0 Å². The molecule has 0 aromatic heterocycles. The second-order valence-corrected chi connectivity index (χ2v) is 7.00. The SMILES string of the molecule is COc1cc(Br)c(C=O)cc1O[C@H](C)C(=O)NC1(C#N)CCCCC1. The summed E-state index contributed by atoms with van der Waals surface area (Å²) in [5, 5.41) is 12.3. The van der Waals surface area contributed by atoms with Crippen molar-refractivity contribution in [1.82, 2.24) is 5.32 Å². The highest BCUT2D eigenvalue weighted by atomic mass is 79.9. The van der Waals surface area contributed by atoms with Gasteiger partial charge in [0.25, 0.3) is 5.91 Å². The van der Waals surface area contributed by atoms with Crippen LogP contribution >= 0.6 is 15.9 Å². The van der Waals surface area contributed by atoms with Gasteiger partial charge in [-0.25, -0.2) is 0 Å². The predicted octanol–water partition coefficient (Wildman–Crippen LogP) is 3.38. The molecule has 1 amide bonds. The van der Waals surface area contributed by atoms with Crippen LogP contribution in [0.4, 0.5) is 0 Å². The molecule has 1 fully saturated rings. The molecule has 1 saturated carbocycles. The molecule has 0 aliphatic heterocycles. The van der Waals surface area contributed by atoms with Crippen LogP contribution in [-0.4, -0.2) is 30.9 Å². The lowest BCUT2D eigenvalue weighted by Crippen LogP contribution is -2.52. The Bertz CT molecular complexity index is 693. The smallest absolute Gasteiger partial charge is 0.262 e. The van der Waals surface area contributed by atoms with Crippen LogP contribution in [0.5, 0.6) is 11.5 Å². The van der Waals surface area contributed by atoms with Gasteiger partial charge in [0.15, 0.2) is 23.9 Å². The Morgan fingerprint density at radius 3 is 2.60 bits per heavy atom.